The molecule has 2 N–H and O–H groups in total. The number of allylic oxidation sites excluding steroid dienone is 4. The molecule has 0 amide bonds. The Kier molecular flexibility index (Phi) is 2.44. The fraction of sp³-hybridized carbons (Fsp3) is 0.375. The van der Waals surface area contributed by atoms with Crippen LogP contribution >= 0.6 is 0 Å². The maximum atomic E-state index is 5.37. The van der Waals surface area contributed by atoms with Gasteiger partial charge in [-0.3, -0.25) is 0 Å². The van der Waals surface area contributed by atoms with E-state index in [-0.39, 0.29) is 0 Å². The van der Waals surface area contributed by atoms with Crippen molar-refractivity contribution >= 4 is 5.71 Å². The number of hydrogen-bond acceptors (Lipinski definition) is 3. The molecule has 11 heavy (non-hydrogen) atoms. The van der Waals surface area contributed by atoms with Gasteiger partial charge in [-0.2, -0.15) is 5.10 Å². The highest BCUT2D eigenvalue weighted by Gasteiger charge is 2.06. The summed E-state index contributed by atoms with van der Waals surface area (Å²) in [4.78, 5) is 0. The highest BCUT2D eigenvalue weighted by molar-refractivity contribution is 5.98. The second-order valence-electron chi connectivity index (χ2n) is 2.63. The first kappa shape index (κ1) is 8.01. The number of hydrazone groups is 1. The van der Waals surface area contributed by atoms with Crippen LogP contribution in [0.1, 0.15) is 6.92 Å². The molecule has 0 saturated heterocycles. The van der Waals surface area contributed by atoms with Gasteiger partial charge in [0, 0.05) is 13.0 Å². The van der Waals surface area contributed by atoms with Gasteiger partial charge in [-0.1, -0.05) is 25.2 Å². The SMILES string of the molecule is CC1C=CC=C/C1=N/N(C)N. The summed E-state index contributed by atoms with van der Waals surface area (Å²) in [6, 6.07) is 0. The van der Waals surface area contributed by atoms with E-state index in [2.05, 4.69) is 18.1 Å². The second kappa shape index (κ2) is 3.34. The third-order valence-corrected chi connectivity index (χ3v) is 1.52. The van der Waals surface area contributed by atoms with Crippen LogP contribution in [0.4, 0.5) is 0 Å². The average molecular weight is 151 g/mol. The largest absolute Gasteiger partial charge is 0.235 e. The van der Waals surface area contributed by atoms with Crippen molar-refractivity contribution < 1.29 is 0 Å². The van der Waals surface area contributed by atoms with E-state index in [0.29, 0.717) is 5.92 Å². The summed E-state index contributed by atoms with van der Waals surface area (Å²) < 4.78 is 0. The Morgan fingerprint density at radius 1 is 1.55 bits per heavy atom. The number of hydrazine groups is 1. The van der Waals surface area contributed by atoms with Crippen molar-refractivity contribution in [2.45, 2.75) is 6.92 Å². The van der Waals surface area contributed by atoms with Gasteiger partial charge < -0.3 is 0 Å². The lowest BCUT2D eigenvalue weighted by molar-refractivity contribution is 0.370. The lowest BCUT2D eigenvalue weighted by atomic mass is 10.0. The molecule has 1 rings (SSSR count). The molecule has 0 aromatic rings. The van der Waals surface area contributed by atoms with E-state index in [4.69, 9.17) is 5.84 Å². The first-order chi connectivity index (χ1) is 5.20. The molecule has 3 nitrogen and oxygen atoms in total. The molecule has 1 unspecified atom stereocenters. The van der Waals surface area contributed by atoms with Crippen LogP contribution in [0.15, 0.2) is 29.4 Å². The van der Waals surface area contributed by atoms with E-state index >= 15 is 0 Å². The number of nitrogens with zero attached hydrogens (tertiary/aromatic N) is 2. The summed E-state index contributed by atoms with van der Waals surface area (Å²) in [5.74, 6) is 5.74. The van der Waals surface area contributed by atoms with Gasteiger partial charge in [-0.25, -0.2) is 11.0 Å². The quantitative estimate of drug-likeness (QED) is 0.447. The van der Waals surface area contributed by atoms with Gasteiger partial charge in [0.15, 0.2) is 0 Å². The third kappa shape index (κ3) is 2.20. The van der Waals surface area contributed by atoms with Crippen molar-refractivity contribution in [3.63, 3.8) is 0 Å². The molecule has 1 aliphatic carbocycles. The highest BCUT2D eigenvalue weighted by atomic mass is 15.6. The molecule has 0 fully saturated rings. The van der Waals surface area contributed by atoms with Crippen LogP contribution in [0.2, 0.25) is 0 Å². The standard InChI is InChI=1S/C8H13N3/c1-7-5-3-4-6-8(7)10-11(2)9/h3-7H,9H2,1-2H3/b10-8-. The van der Waals surface area contributed by atoms with Gasteiger partial charge in [0.1, 0.15) is 0 Å². The zero-order valence-electron chi connectivity index (χ0n) is 6.86. The zero-order valence-corrected chi connectivity index (χ0v) is 6.86. The summed E-state index contributed by atoms with van der Waals surface area (Å²) in [7, 11) is 1.71. The predicted octanol–water partition coefficient (Wildman–Crippen LogP) is 0.910. The monoisotopic (exact) mass is 151 g/mol. The number of rotatable bonds is 1. The smallest absolute Gasteiger partial charge is 0.0686 e. The molecule has 0 spiro atoms. The Bertz CT molecular complexity index is 213. The first-order valence-corrected chi connectivity index (χ1v) is 3.62. The summed E-state index contributed by atoms with van der Waals surface area (Å²) >= 11 is 0. The molecule has 0 aromatic heterocycles. The van der Waals surface area contributed by atoms with E-state index in [1.165, 1.54) is 5.12 Å². The van der Waals surface area contributed by atoms with Crippen molar-refractivity contribution in [2.75, 3.05) is 7.05 Å². The van der Waals surface area contributed by atoms with Crippen LogP contribution in [0.5, 0.6) is 0 Å². The summed E-state index contributed by atoms with van der Waals surface area (Å²) in [5, 5.41) is 5.44. The van der Waals surface area contributed by atoms with Crippen LogP contribution < -0.4 is 5.84 Å². The number of hydrogen-bond donors (Lipinski definition) is 1. The van der Waals surface area contributed by atoms with Crippen molar-refractivity contribution in [3.05, 3.63) is 24.3 Å². The molecule has 0 saturated carbocycles. The molecule has 0 heterocycles. The average Bonchev–Trinajstić information content (AvgIpc) is 1.93. The highest BCUT2D eigenvalue weighted by Crippen LogP contribution is 2.07. The molecule has 3 heteroatoms. The molecule has 0 bridgehead atoms. The minimum Gasteiger partial charge on any atom is -0.235 e. The molecule has 1 atom stereocenters. The third-order valence-electron chi connectivity index (χ3n) is 1.52. The minimum atomic E-state index is 0.367. The van der Waals surface area contributed by atoms with Gasteiger partial charge in [0.2, 0.25) is 0 Å². The molecular formula is C8H13N3. The van der Waals surface area contributed by atoms with E-state index in [9.17, 15) is 0 Å². The van der Waals surface area contributed by atoms with Crippen LogP contribution in [0.25, 0.3) is 0 Å². The molecular weight excluding hydrogens is 138 g/mol. The van der Waals surface area contributed by atoms with E-state index in [1.807, 2.05) is 18.2 Å². The molecule has 0 aromatic carbocycles. The molecule has 1 aliphatic rings. The fourth-order valence-corrected chi connectivity index (χ4v) is 0.942. The Balaban J connectivity index is 2.73. The lowest BCUT2D eigenvalue weighted by Gasteiger charge is -2.12. The van der Waals surface area contributed by atoms with Gasteiger partial charge in [-0.15, -0.1) is 0 Å². The summed E-state index contributed by atoms with van der Waals surface area (Å²) in [5.41, 5.74) is 0.998. The second-order valence-corrected chi connectivity index (χ2v) is 2.63. The van der Waals surface area contributed by atoms with Gasteiger partial charge in [-0.05, 0) is 6.08 Å². The summed E-state index contributed by atoms with van der Waals surface area (Å²) in [6.45, 7) is 2.09. The fourth-order valence-electron chi connectivity index (χ4n) is 0.942. The van der Waals surface area contributed by atoms with Gasteiger partial charge >= 0.3 is 0 Å². The number of nitrogens with two attached hydrogens (primary N) is 1. The van der Waals surface area contributed by atoms with Crippen molar-refractivity contribution in [1.29, 1.82) is 0 Å². The van der Waals surface area contributed by atoms with Crippen LogP contribution in [0.3, 0.4) is 0 Å². The topological polar surface area (TPSA) is 41.6 Å². The first-order valence-electron chi connectivity index (χ1n) is 3.62. The maximum absolute atomic E-state index is 5.37. The van der Waals surface area contributed by atoms with Crippen LogP contribution in [0, 0.1) is 5.92 Å². The maximum Gasteiger partial charge on any atom is 0.0686 e. The predicted molar refractivity (Wildman–Crippen MR) is 46.8 cm³/mol. The van der Waals surface area contributed by atoms with E-state index < -0.39 is 0 Å². The molecule has 60 valence electrons. The Morgan fingerprint density at radius 3 is 2.82 bits per heavy atom. The molecule has 0 aliphatic heterocycles. The Morgan fingerprint density at radius 2 is 2.27 bits per heavy atom. The van der Waals surface area contributed by atoms with Gasteiger partial charge in [0.25, 0.3) is 0 Å². The van der Waals surface area contributed by atoms with Crippen LogP contribution in [-0.2, 0) is 0 Å². The zero-order chi connectivity index (χ0) is 8.27. The van der Waals surface area contributed by atoms with E-state index in [1.54, 1.807) is 7.05 Å². The molecule has 0 radical (unpaired) electrons. The Labute approximate surface area is 66.8 Å². The normalized spacial score (nSPS) is 26.1. The van der Waals surface area contributed by atoms with E-state index in [0.717, 1.165) is 5.71 Å². The van der Waals surface area contributed by atoms with Gasteiger partial charge in [0.05, 0.1) is 5.71 Å². The lowest BCUT2D eigenvalue weighted by Crippen LogP contribution is -2.23. The van der Waals surface area contributed by atoms with Crippen LogP contribution in [-0.4, -0.2) is 17.9 Å². The Hall–Kier alpha value is -1.09. The minimum absolute atomic E-state index is 0.367. The summed E-state index contributed by atoms with van der Waals surface area (Å²) in [6.07, 6.45) is 8.03. The van der Waals surface area contributed by atoms with Crippen molar-refractivity contribution in [2.24, 2.45) is 16.9 Å². The van der Waals surface area contributed by atoms with Crippen molar-refractivity contribution in [3.8, 4) is 0 Å². The van der Waals surface area contributed by atoms with Crippen molar-refractivity contribution in [1.82, 2.24) is 5.12 Å².